The van der Waals surface area contributed by atoms with Crippen molar-refractivity contribution < 1.29 is 4.74 Å². The van der Waals surface area contributed by atoms with Gasteiger partial charge >= 0.3 is 0 Å². The molecule has 1 saturated heterocycles. The summed E-state index contributed by atoms with van der Waals surface area (Å²) in [7, 11) is 1.74. The van der Waals surface area contributed by atoms with Crippen molar-refractivity contribution in [3.8, 4) is 0 Å². The summed E-state index contributed by atoms with van der Waals surface area (Å²) in [5, 5.41) is 5.98. The number of hydrogen-bond acceptors (Lipinski definition) is 6. The third-order valence-corrected chi connectivity index (χ3v) is 5.84. The summed E-state index contributed by atoms with van der Waals surface area (Å²) in [5.41, 5.74) is 1.10. The van der Waals surface area contributed by atoms with Crippen molar-refractivity contribution in [3.63, 3.8) is 0 Å². The maximum atomic E-state index is 5.31. The van der Waals surface area contributed by atoms with Gasteiger partial charge in [0.05, 0.1) is 12.3 Å². The molecular weight excluding hydrogens is 302 g/mol. The van der Waals surface area contributed by atoms with E-state index in [4.69, 9.17) is 9.72 Å². The number of nitrogens with zero attached hydrogens (tertiary/aromatic N) is 2. The van der Waals surface area contributed by atoms with E-state index in [1.54, 1.807) is 7.11 Å². The molecule has 2 unspecified atom stereocenters. The number of rotatable bonds is 7. The van der Waals surface area contributed by atoms with E-state index in [9.17, 15) is 0 Å². The van der Waals surface area contributed by atoms with E-state index < -0.39 is 0 Å². The first kappa shape index (κ1) is 17.1. The topological polar surface area (TPSA) is 37.4 Å². The van der Waals surface area contributed by atoms with E-state index in [0.717, 1.165) is 43.4 Å². The van der Waals surface area contributed by atoms with Crippen molar-refractivity contribution in [3.05, 3.63) is 10.6 Å². The Balaban J connectivity index is 2.09. The number of ether oxygens (including phenoxy) is 1. The van der Waals surface area contributed by atoms with Crippen molar-refractivity contribution in [2.75, 3.05) is 31.6 Å². The van der Waals surface area contributed by atoms with Gasteiger partial charge in [0.2, 0.25) is 0 Å². The predicted molar refractivity (Wildman–Crippen MR) is 93.6 cm³/mol. The lowest BCUT2D eigenvalue weighted by molar-refractivity contribution is 0.181. The van der Waals surface area contributed by atoms with Crippen LogP contribution in [0.25, 0.3) is 0 Å². The summed E-state index contributed by atoms with van der Waals surface area (Å²) in [5.74, 6) is 0. The highest BCUT2D eigenvalue weighted by Gasteiger charge is 2.25. The molecule has 0 saturated carbocycles. The molecule has 0 aliphatic carbocycles. The number of thioether (sulfide) groups is 1. The number of nitrogens with one attached hydrogen (secondary N) is 1. The van der Waals surface area contributed by atoms with E-state index >= 15 is 0 Å². The Hall–Kier alpha value is -0.300. The molecular formula is C15H27N3OS2. The summed E-state index contributed by atoms with van der Waals surface area (Å²) >= 11 is 3.90. The van der Waals surface area contributed by atoms with Crippen LogP contribution in [-0.2, 0) is 17.9 Å². The second kappa shape index (κ2) is 8.36. The third-order valence-electron chi connectivity index (χ3n) is 3.45. The van der Waals surface area contributed by atoms with Gasteiger partial charge in [-0.3, -0.25) is 0 Å². The number of methoxy groups -OCH3 is 1. The maximum absolute atomic E-state index is 5.31. The summed E-state index contributed by atoms with van der Waals surface area (Å²) < 4.78 is 5.31. The molecule has 2 rings (SSSR count). The van der Waals surface area contributed by atoms with E-state index in [-0.39, 0.29) is 0 Å². The van der Waals surface area contributed by atoms with Crippen LogP contribution in [-0.4, -0.2) is 42.2 Å². The Morgan fingerprint density at radius 2 is 2.05 bits per heavy atom. The normalized spacial score (nSPS) is 22.8. The Labute approximate surface area is 136 Å². The van der Waals surface area contributed by atoms with Crippen LogP contribution in [0.4, 0.5) is 5.13 Å². The molecule has 2 atom stereocenters. The minimum atomic E-state index is 0.604. The molecule has 1 aromatic rings. The van der Waals surface area contributed by atoms with Crippen molar-refractivity contribution in [2.24, 2.45) is 0 Å². The molecule has 1 fully saturated rings. The van der Waals surface area contributed by atoms with E-state index in [1.165, 1.54) is 4.88 Å². The monoisotopic (exact) mass is 329 g/mol. The predicted octanol–water partition coefficient (Wildman–Crippen LogP) is 3.12. The van der Waals surface area contributed by atoms with Gasteiger partial charge in [0.25, 0.3) is 0 Å². The standard InChI is InChI=1S/C15H27N3OS2/c1-5-6-16-7-14-13(10-19-4)17-15(21-14)18-8-11(2)20-12(3)9-18/h11-12,16H,5-10H2,1-4H3. The molecule has 0 bridgehead atoms. The highest BCUT2D eigenvalue weighted by Crippen LogP contribution is 2.32. The van der Waals surface area contributed by atoms with Crippen molar-refractivity contribution in [2.45, 2.75) is 50.8 Å². The average Bonchev–Trinajstić information content (AvgIpc) is 2.82. The minimum Gasteiger partial charge on any atom is -0.378 e. The quantitative estimate of drug-likeness (QED) is 0.778. The van der Waals surface area contributed by atoms with Crippen LogP contribution in [0.5, 0.6) is 0 Å². The lowest BCUT2D eigenvalue weighted by atomic mass is 10.3. The first-order chi connectivity index (χ1) is 10.1. The third kappa shape index (κ3) is 4.84. The zero-order valence-corrected chi connectivity index (χ0v) is 15.1. The molecule has 0 radical (unpaired) electrons. The molecule has 2 heterocycles. The summed E-state index contributed by atoms with van der Waals surface area (Å²) in [6.07, 6.45) is 1.16. The average molecular weight is 330 g/mol. The molecule has 120 valence electrons. The van der Waals surface area contributed by atoms with Crippen LogP contribution in [0.1, 0.15) is 37.8 Å². The van der Waals surface area contributed by atoms with Crippen LogP contribution in [0.15, 0.2) is 0 Å². The molecule has 6 heteroatoms. The molecule has 1 N–H and O–H groups in total. The van der Waals surface area contributed by atoms with Gasteiger partial charge in [-0.05, 0) is 13.0 Å². The SMILES string of the molecule is CCCNCc1sc(N2CC(C)SC(C)C2)nc1COC. The van der Waals surface area contributed by atoms with Crippen LogP contribution in [0.2, 0.25) is 0 Å². The Bertz CT molecular complexity index is 429. The maximum Gasteiger partial charge on any atom is 0.185 e. The van der Waals surface area contributed by atoms with Gasteiger partial charge in [0.15, 0.2) is 5.13 Å². The van der Waals surface area contributed by atoms with Gasteiger partial charge in [-0.2, -0.15) is 11.8 Å². The molecule has 1 aliphatic heterocycles. The second-order valence-electron chi connectivity index (χ2n) is 5.64. The molecule has 0 amide bonds. The molecule has 4 nitrogen and oxygen atoms in total. The Morgan fingerprint density at radius 1 is 1.33 bits per heavy atom. The fraction of sp³-hybridized carbons (Fsp3) is 0.800. The fourth-order valence-electron chi connectivity index (χ4n) is 2.61. The molecule has 0 spiro atoms. The number of aromatic nitrogens is 1. The summed E-state index contributed by atoms with van der Waals surface area (Å²) in [6, 6.07) is 0. The molecule has 21 heavy (non-hydrogen) atoms. The van der Waals surface area contributed by atoms with Gasteiger partial charge < -0.3 is 15.0 Å². The van der Waals surface area contributed by atoms with E-state index in [1.807, 2.05) is 11.3 Å². The van der Waals surface area contributed by atoms with Gasteiger partial charge in [0, 0.05) is 42.1 Å². The van der Waals surface area contributed by atoms with Gasteiger partial charge in [-0.25, -0.2) is 4.98 Å². The van der Waals surface area contributed by atoms with E-state index in [0.29, 0.717) is 17.1 Å². The molecule has 1 aliphatic rings. The number of anilines is 1. The highest BCUT2D eigenvalue weighted by atomic mass is 32.2. The smallest absolute Gasteiger partial charge is 0.185 e. The Kier molecular flexibility index (Phi) is 6.79. The lowest BCUT2D eigenvalue weighted by Crippen LogP contribution is -2.40. The first-order valence-electron chi connectivity index (χ1n) is 7.72. The lowest BCUT2D eigenvalue weighted by Gasteiger charge is -2.34. The largest absolute Gasteiger partial charge is 0.378 e. The van der Waals surface area contributed by atoms with Gasteiger partial charge in [-0.1, -0.05) is 20.8 Å². The first-order valence-corrected chi connectivity index (χ1v) is 9.48. The van der Waals surface area contributed by atoms with Crippen molar-refractivity contribution in [1.29, 1.82) is 0 Å². The fourth-order valence-corrected chi connectivity index (χ4v) is 4.98. The van der Waals surface area contributed by atoms with Crippen LogP contribution in [0.3, 0.4) is 0 Å². The van der Waals surface area contributed by atoms with Crippen molar-refractivity contribution in [1.82, 2.24) is 10.3 Å². The number of thiazole rings is 1. The summed E-state index contributed by atoms with van der Waals surface area (Å²) in [6.45, 7) is 11.5. The molecule has 1 aromatic heterocycles. The van der Waals surface area contributed by atoms with Crippen LogP contribution >= 0.6 is 23.1 Å². The van der Waals surface area contributed by atoms with E-state index in [2.05, 4.69) is 42.7 Å². The van der Waals surface area contributed by atoms with Gasteiger partial charge in [0.1, 0.15) is 0 Å². The highest BCUT2D eigenvalue weighted by molar-refractivity contribution is 8.00. The number of hydrogen-bond donors (Lipinski definition) is 1. The zero-order valence-electron chi connectivity index (χ0n) is 13.5. The Morgan fingerprint density at radius 3 is 2.67 bits per heavy atom. The van der Waals surface area contributed by atoms with Gasteiger partial charge in [-0.15, -0.1) is 11.3 Å². The van der Waals surface area contributed by atoms with Crippen LogP contribution in [0, 0.1) is 0 Å². The van der Waals surface area contributed by atoms with Crippen LogP contribution < -0.4 is 10.2 Å². The minimum absolute atomic E-state index is 0.604. The zero-order chi connectivity index (χ0) is 15.2. The van der Waals surface area contributed by atoms with Crippen molar-refractivity contribution >= 4 is 28.2 Å². The summed E-state index contributed by atoms with van der Waals surface area (Å²) in [4.78, 5) is 8.60. The second-order valence-corrected chi connectivity index (χ2v) is 8.58. The molecule has 0 aromatic carbocycles.